The van der Waals surface area contributed by atoms with Gasteiger partial charge in [-0.1, -0.05) is 43.5 Å². The molecule has 212 valence electrons. The Morgan fingerprint density at radius 3 is 1.65 bits per heavy atom. The van der Waals surface area contributed by atoms with Crippen LogP contribution in [0.5, 0.6) is 11.5 Å². The van der Waals surface area contributed by atoms with E-state index in [1.807, 2.05) is 0 Å². The lowest BCUT2D eigenvalue weighted by Gasteiger charge is -2.39. The van der Waals surface area contributed by atoms with Crippen molar-refractivity contribution >= 4 is 11.8 Å². The summed E-state index contributed by atoms with van der Waals surface area (Å²) in [5.74, 6) is -2.40. The van der Waals surface area contributed by atoms with Crippen LogP contribution in [0.1, 0.15) is 82.0 Å². The lowest BCUT2D eigenvalue weighted by atomic mass is 9.65. The summed E-state index contributed by atoms with van der Waals surface area (Å²) in [6, 6.07) is 12.2. The molecule has 0 bridgehead atoms. The Morgan fingerprint density at radius 1 is 0.700 bits per heavy atom. The molecule has 0 aromatic heterocycles. The van der Waals surface area contributed by atoms with Gasteiger partial charge in [-0.25, -0.2) is 4.79 Å². The molecular formula is C30H26F6O4. The smallest absolute Gasteiger partial charge is 0.419 e. The van der Waals surface area contributed by atoms with Crippen molar-refractivity contribution in [3.8, 4) is 11.5 Å². The minimum Gasteiger partial charge on any atom is -0.496 e. The number of alkyl halides is 6. The third kappa shape index (κ3) is 5.85. The van der Waals surface area contributed by atoms with Gasteiger partial charge in [-0.05, 0) is 67.3 Å². The van der Waals surface area contributed by atoms with Crippen molar-refractivity contribution in [2.24, 2.45) is 0 Å². The zero-order valence-corrected chi connectivity index (χ0v) is 21.7. The standard InChI is InChI=1S/C30H26F6O4/c1-18(37)19-6-8-20(9-7-19)27(38)40-26-13-11-22(17-24(26)30(34,35)36)28(14-4-3-5-15-28)21-10-12-25(39-2)23(16-21)29(31,32)33/h6-13,16-17H,3-5,14-15H2,1-2H3. The van der Waals surface area contributed by atoms with Gasteiger partial charge in [0.25, 0.3) is 0 Å². The lowest BCUT2D eigenvalue weighted by Crippen LogP contribution is -2.31. The number of ether oxygens (including phenoxy) is 2. The van der Waals surface area contributed by atoms with Gasteiger partial charge in [-0.3, -0.25) is 4.79 Å². The second-order valence-electron chi connectivity index (χ2n) is 9.79. The molecule has 3 aromatic rings. The molecule has 0 unspecified atom stereocenters. The summed E-state index contributed by atoms with van der Waals surface area (Å²) in [5.41, 5.74) is -2.64. The number of hydrogen-bond acceptors (Lipinski definition) is 4. The second kappa shape index (κ2) is 11.0. The minimum atomic E-state index is -4.92. The van der Waals surface area contributed by atoms with Crippen LogP contribution in [0.15, 0.2) is 60.7 Å². The predicted molar refractivity (Wildman–Crippen MR) is 135 cm³/mol. The van der Waals surface area contributed by atoms with Crippen LogP contribution >= 0.6 is 0 Å². The molecule has 10 heteroatoms. The van der Waals surface area contributed by atoms with Crippen molar-refractivity contribution in [1.82, 2.24) is 0 Å². The first-order valence-electron chi connectivity index (χ1n) is 12.6. The van der Waals surface area contributed by atoms with Gasteiger partial charge in [0.15, 0.2) is 5.78 Å². The summed E-state index contributed by atoms with van der Waals surface area (Å²) in [6.45, 7) is 1.33. The predicted octanol–water partition coefficient (Wildman–Crippen LogP) is 8.40. The molecule has 1 saturated carbocycles. The van der Waals surface area contributed by atoms with E-state index >= 15 is 0 Å². The number of ketones is 1. The fourth-order valence-corrected chi connectivity index (χ4v) is 5.26. The van der Waals surface area contributed by atoms with Gasteiger partial charge in [0.05, 0.1) is 23.8 Å². The summed E-state index contributed by atoms with van der Waals surface area (Å²) in [7, 11) is 1.12. The number of halogens is 6. The molecule has 1 aliphatic rings. The average molecular weight is 565 g/mol. The zero-order valence-electron chi connectivity index (χ0n) is 21.7. The van der Waals surface area contributed by atoms with Crippen LogP contribution in [-0.4, -0.2) is 18.9 Å². The number of rotatable bonds is 6. The van der Waals surface area contributed by atoms with E-state index in [4.69, 9.17) is 9.47 Å². The maximum Gasteiger partial charge on any atom is 0.419 e. The number of esters is 1. The lowest BCUT2D eigenvalue weighted by molar-refractivity contribution is -0.139. The molecule has 1 fully saturated rings. The van der Waals surface area contributed by atoms with Crippen molar-refractivity contribution in [3.05, 3.63) is 94.0 Å². The van der Waals surface area contributed by atoms with Gasteiger partial charge in [0, 0.05) is 11.0 Å². The van der Waals surface area contributed by atoms with Gasteiger partial charge in [-0.2, -0.15) is 26.3 Å². The third-order valence-corrected chi connectivity index (χ3v) is 7.33. The van der Waals surface area contributed by atoms with Gasteiger partial charge in [-0.15, -0.1) is 0 Å². The van der Waals surface area contributed by atoms with Gasteiger partial charge in [0.2, 0.25) is 0 Å². The first-order valence-corrected chi connectivity index (χ1v) is 12.6. The quantitative estimate of drug-likeness (QED) is 0.131. The minimum absolute atomic E-state index is 0.0520. The highest BCUT2D eigenvalue weighted by molar-refractivity contribution is 5.96. The Bertz CT molecular complexity index is 1400. The molecule has 0 N–H and O–H groups in total. The summed E-state index contributed by atoms with van der Waals surface area (Å²) < 4.78 is 94.2. The summed E-state index contributed by atoms with van der Waals surface area (Å²) in [5, 5.41) is 0. The van der Waals surface area contributed by atoms with Crippen molar-refractivity contribution in [2.45, 2.75) is 56.8 Å². The zero-order chi connectivity index (χ0) is 29.3. The largest absolute Gasteiger partial charge is 0.496 e. The van der Waals surface area contributed by atoms with Crippen LogP contribution in [0, 0.1) is 0 Å². The Hall–Kier alpha value is -3.82. The highest BCUT2D eigenvalue weighted by atomic mass is 19.4. The highest BCUT2D eigenvalue weighted by Crippen LogP contribution is 2.49. The molecule has 0 spiro atoms. The highest BCUT2D eigenvalue weighted by Gasteiger charge is 2.42. The first kappa shape index (κ1) is 29.2. The van der Waals surface area contributed by atoms with Crippen molar-refractivity contribution < 1.29 is 45.4 Å². The molecule has 4 rings (SSSR count). The van der Waals surface area contributed by atoms with Crippen LogP contribution in [0.4, 0.5) is 26.3 Å². The number of Topliss-reactive ketones (excluding diaryl/α,β-unsaturated/α-hetero) is 1. The molecule has 0 radical (unpaired) electrons. The fourth-order valence-electron chi connectivity index (χ4n) is 5.26. The molecule has 0 saturated heterocycles. The molecule has 3 aromatic carbocycles. The SMILES string of the molecule is COc1ccc(C2(c3ccc(OC(=O)c4ccc(C(C)=O)cc4)c(C(F)(F)F)c3)CCCCC2)cc1C(F)(F)F. The second-order valence-corrected chi connectivity index (χ2v) is 9.79. The van der Waals surface area contributed by atoms with Crippen LogP contribution < -0.4 is 9.47 Å². The van der Waals surface area contributed by atoms with Gasteiger partial charge >= 0.3 is 18.3 Å². The fraction of sp³-hybridized carbons (Fsp3) is 0.333. The van der Waals surface area contributed by atoms with E-state index in [0.29, 0.717) is 31.2 Å². The molecule has 0 atom stereocenters. The summed E-state index contributed by atoms with van der Waals surface area (Å²) in [6.07, 6.45) is -6.94. The molecule has 0 amide bonds. The number of methoxy groups -OCH3 is 1. The topological polar surface area (TPSA) is 52.6 Å². The van der Waals surface area contributed by atoms with Gasteiger partial charge < -0.3 is 9.47 Å². The number of hydrogen-bond donors (Lipinski definition) is 0. The van der Waals surface area contributed by atoms with Gasteiger partial charge in [0.1, 0.15) is 11.5 Å². The number of carbonyl (C=O) groups is 2. The summed E-state index contributed by atoms with van der Waals surface area (Å²) in [4.78, 5) is 24.1. The summed E-state index contributed by atoms with van der Waals surface area (Å²) >= 11 is 0. The normalized spacial score (nSPS) is 15.4. The molecule has 0 heterocycles. The van der Waals surface area contributed by atoms with Crippen LogP contribution in [0.25, 0.3) is 0 Å². The number of benzene rings is 3. The molecule has 4 nitrogen and oxygen atoms in total. The van der Waals surface area contributed by atoms with E-state index in [-0.39, 0.29) is 28.2 Å². The number of carbonyl (C=O) groups excluding carboxylic acids is 2. The Kier molecular flexibility index (Phi) is 8.01. The maximum atomic E-state index is 14.2. The molecule has 0 aliphatic heterocycles. The van der Waals surface area contributed by atoms with E-state index in [0.717, 1.165) is 31.7 Å². The Balaban J connectivity index is 1.78. The first-order chi connectivity index (χ1) is 18.8. The van der Waals surface area contributed by atoms with E-state index in [2.05, 4.69) is 0 Å². The van der Waals surface area contributed by atoms with E-state index in [1.54, 1.807) is 0 Å². The van der Waals surface area contributed by atoms with Crippen LogP contribution in [0.2, 0.25) is 0 Å². The van der Waals surface area contributed by atoms with Crippen molar-refractivity contribution in [2.75, 3.05) is 7.11 Å². The van der Waals surface area contributed by atoms with Crippen LogP contribution in [-0.2, 0) is 17.8 Å². The van der Waals surface area contributed by atoms with E-state index in [1.165, 1.54) is 49.4 Å². The third-order valence-electron chi connectivity index (χ3n) is 7.33. The molecule has 40 heavy (non-hydrogen) atoms. The van der Waals surface area contributed by atoms with Crippen LogP contribution in [0.3, 0.4) is 0 Å². The molecule has 1 aliphatic carbocycles. The average Bonchev–Trinajstić information content (AvgIpc) is 2.92. The van der Waals surface area contributed by atoms with Crippen molar-refractivity contribution in [1.29, 1.82) is 0 Å². The Labute approximate surface area is 226 Å². The van der Waals surface area contributed by atoms with E-state index < -0.39 is 40.6 Å². The monoisotopic (exact) mass is 564 g/mol. The van der Waals surface area contributed by atoms with Crippen molar-refractivity contribution in [3.63, 3.8) is 0 Å². The van der Waals surface area contributed by atoms with E-state index in [9.17, 15) is 35.9 Å². The maximum absolute atomic E-state index is 14.2. The molecular weight excluding hydrogens is 538 g/mol. The Morgan fingerprint density at radius 2 is 1.18 bits per heavy atom.